The SMILES string of the molecule is C[C@]1(C(=O)NCC(F)(F)F)CCCN1c1nc(-c2c[nH]c3ncccc23)ncc1F. The molecule has 0 aromatic carbocycles. The molecule has 2 N–H and O–H groups in total. The first-order valence-corrected chi connectivity index (χ1v) is 9.27. The van der Waals surface area contributed by atoms with Gasteiger partial charge in [0.05, 0.1) is 6.20 Å². The van der Waals surface area contributed by atoms with E-state index in [9.17, 15) is 22.4 Å². The number of nitrogens with zero attached hydrogens (tertiary/aromatic N) is 4. The lowest BCUT2D eigenvalue weighted by Gasteiger charge is -2.35. The lowest BCUT2D eigenvalue weighted by atomic mass is 9.97. The van der Waals surface area contributed by atoms with Crippen LogP contribution >= 0.6 is 0 Å². The van der Waals surface area contributed by atoms with Crippen molar-refractivity contribution < 1.29 is 22.4 Å². The third-order valence-corrected chi connectivity index (χ3v) is 5.25. The van der Waals surface area contributed by atoms with Gasteiger partial charge in [0.2, 0.25) is 5.91 Å². The highest BCUT2D eigenvalue weighted by atomic mass is 19.4. The average molecular weight is 422 g/mol. The number of hydrogen-bond acceptors (Lipinski definition) is 5. The van der Waals surface area contributed by atoms with Crippen LogP contribution in [0.4, 0.5) is 23.4 Å². The molecule has 1 atom stereocenters. The lowest BCUT2D eigenvalue weighted by molar-refractivity contribution is -0.141. The fraction of sp³-hybridized carbons (Fsp3) is 0.368. The van der Waals surface area contributed by atoms with Crippen LogP contribution in [0, 0.1) is 5.82 Å². The highest BCUT2D eigenvalue weighted by molar-refractivity contribution is 5.92. The van der Waals surface area contributed by atoms with Crippen molar-refractivity contribution in [3.05, 3.63) is 36.5 Å². The van der Waals surface area contributed by atoms with Crippen molar-refractivity contribution in [2.24, 2.45) is 0 Å². The number of aromatic amines is 1. The highest BCUT2D eigenvalue weighted by Gasteiger charge is 2.46. The smallest absolute Gasteiger partial charge is 0.345 e. The van der Waals surface area contributed by atoms with E-state index in [0.717, 1.165) is 11.6 Å². The van der Waals surface area contributed by atoms with Crippen molar-refractivity contribution in [2.45, 2.75) is 31.5 Å². The Morgan fingerprint density at radius 3 is 2.93 bits per heavy atom. The number of carbonyl (C=O) groups excluding carboxylic acids is 1. The molecule has 1 amide bonds. The Morgan fingerprint density at radius 2 is 2.17 bits per heavy atom. The third-order valence-electron chi connectivity index (χ3n) is 5.25. The minimum atomic E-state index is -4.54. The van der Waals surface area contributed by atoms with E-state index in [4.69, 9.17) is 0 Å². The van der Waals surface area contributed by atoms with Crippen LogP contribution in [0.3, 0.4) is 0 Å². The van der Waals surface area contributed by atoms with E-state index >= 15 is 0 Å². The summed E-state index contributed by atoms with van der Waals surface area (Å²) >= 11 is 0. The Bertz CT molecular complexity index is 1100. The molecule has 0 unspecified atom stereocenters. The average Bonchev–Trinajstić information content (AvgIpc) is 3.30. The molecule has 30 heavy (non-hydrogen) atoms. The number of anilines is 1. The van der Waals surface area contributed by atoms with Crippen molar-refractivity contribution in [3.63, 3.8) is 0 Å². The van der Waals surface area contributed by atoms with Gasteiger partial charge in [0.15, 0.2) is 17.5 Å². The number of fused-ring (bicyclic) bond motifs is 1. The molecule has 1 aliphatic rings. The third kappa shape index (κ3) is 3.55. The molecule has 0 aliphatic carbocycles. The molecule has 3 aromatic rings. The minimum absolute atomic E-state index is 0.125. The standard InChI is InChI=1S/C19H18F4N6O/c1-18(17(30)27-10-19(21,22)23)5-3-7-29(18)16-13(20)9-26-15(28-16)12-8-25-14-11(12)4-2-6-24-14/h2,4,6,8-9H,3,5,7,10H2,1H3,(H,24,25)(H,27,30)/t18-/m1/s1. The molecule has 3 aromatic heterocycles. The van der Waals surface area contributed by atoms with E-state index in [2.05, 4.69) is 19.9 Å². The normalized spacial score (nSPS) is 19.4. The summed E-state index contributed by atoms with van der Waals surface area (Å²) in [5.41, 5.74) is -0.152. The van der Waals surface area contributed by atoms with Crippen LogP contribution in [-0.4, -0.2) is 50.6 Å². The number of pyridine rings is 1. The molecule has 0 bridgehead atoms. The first-order chi connectivity index (χ1) is 14.2. The summed E-state index contributed by atoms with van der Waals surface area (Å²) in [5.74, 6) is -1.49. The van der Waals surface area contributed by atoms with E-state index in [-0.39, 0.29) is 24.6 Å². The van der Waals surface area contributed by atoms with E-state index < -0.39 is 30.0 Å². The Labute approximate surface area is 168 Å². The van der Waals surface area contributed by atoms with Crippen LogP contribution in [0.5, 0.6) is 0 Å². The van der Waals surface area contributed by atoms with Crippen LogP contribution in [-0.2, 0) is 4.79 Å². The zero-order valence-electron chi connectivity index (χ0n) is 15.9. The fourth-order valence-corrected chi connectivity index (χ4v) is 3.73. The molecule has 0 saturated carbocycles. The number of amides is 1. The maximum atomic E-state index is 14.7. The van der Waals surface area contributed by atoms with Gasteiger partial charge in [-0.3, -0.25) is 4.79 Å². The summed E-state index contributed by atoms with van der Waals surface area (Å²) in [6.07, 6.45) is 0.506. The first kappa shape index (κ1) is 20.0. The number of carbonyl (C=O) groups is 1. The Hall–Kier alpha value is -3.24. The second kappa shape index (κ2) is 7.22. The van der Waals surface area contributed by atoms with Gasteiger partial charge in [-0.1, -0.05) is 0 Å². The summed E-state index contributed by atoms with van der Waals surface area (Å²) in [4.78, 5) is 29.5. The van der Waals surface area contributed by atoms with Gasteiger partial charge in [-0.05, 0) is 31.9 Å². The molecule has 4 rings (SSSR count). The monoisotopic (exact) mass is 422 g/mol. The van der Waals surface area contributed by atoms with E-state index in [1.54, 1.807) is 18.5 Å². The van der Waals surface area contributed by atoms with Gasteiger partial charge in [0.1, 0.15) is 17.7 Å². The quantitative estimate of drug-likeness (QED) is 0.631. The number of rotatable bonds is 4. The molecule has 0 spiro atoms. The van der Waals surface area contributed by atoms with Gasteiger partial charge < -0.3 is 15.2 Å². The van der Waals surface area contributed by atoms with Crippen molar-refractivity contribution in [1.82, 2.24) is 25.3 Å². The Balaban J connectivity index is 1.69. The Morgan fingerprint density at radius 1 is 1.37 bits per heavy atom. The Kier molecular flexibility index (Phi) is 4.83. The van der Waals surface area contributed by atoms with E-state index in [0.29, 0.717) is 17.6 Å². The van der Waals surface area contributed by atoms with Gasteiger partial charge in [-0.2, -0.15) is 13.2 Å². The summed E-state index contributed by atoms with van der Waals surface area (Å²) in [6.45, 7) is 0.316. The molecular formula is C19H18F4N6O. The number of H-pyrrole nitrogens is 1. The molecule has 11 heteroatoms. The van der Waals surface area contributed by atoms with Gasteiger partial charge >= 0.3 is 6.18 Å². The van der Waals surface area contributed by atoms with E-state index in [1.807, 2.05) is 11.4 Å². The largest absolute Gasteiger partial charge is 0.405 e. The second-order valence-corrected chi connectivity index (χ2v) is 7.29. The number of nitrogens with one attached hydrogen (secondary N) is 2. The lowest BCUT2D eigenvalue weighted by Crippen LogP contribution is -2.55. The van der Waals surface area contributed by atoms with Crippen molar-refractivity contribution in [2.75, 3.05) is 18.0 Å². The molecule has 7 nitrogen and oxygen atoms in total. The van der Waals surface area contributed by atoms with Gasteiger partial charge in [-0.25, -0.2) is 19.3 Å². The highest BCUT2D eigenvalue weighted by Crippen LogP contribution is 2.36. The maximum absolute atomic E-state index is 14.7. The van der Waals surface area contributed by atoms with Crippen molar-refractivity contribution in [1.29, 1.82) is 0 Å². The fourth-order valence-electron chi connectivity index (χ4n) is 3.73. The number of alkyl halides is 3. The van der Waals surface area contributed by atoms with Crippen molar-refractivity contribution in [3.8, 4) is 11.4 Å². The summed E-state index contributed by atoms with van der Waals surface area (Å²) in [5, 5.41) is 2.64. The topological polar surface area (TPSA) is 86.8 Å². The molecular weight excluding hydrogens is 404 g/mol. The molecule has 1 aliphatic heterocycles. The van der Waals surface area contributed by atoms with Crippen LogP contribution in [0.15, 0.2) is 30.7 Å². The summed E-state index contributed by atoms with van der Waals surface area (Å²) < 4.78 is 52.3. The summed E-state index contributed by atoms with van der Waals surface area (Å²) in [6, 6.07) is 3.55. The molecule has 1 saturated heterocycles. The van der Waals surface area contributed by atoms with Gasteiger partial charge in [-0.15, -0.1) is 0 Å². The molecule has 158 valence electrons. The molecule has 4 heterocycles. The van der Waals surface area contributed by atoms with Crippen LogP contribution in [0.25, 0.3) is 22.4 Å². The van der Waals surface area contributed by atoms with Crippen LogP contribution in [0.1, 0.15) is 19.8 Å². The van der Waals surface area contributed by atoms with E-state index in [1.165, 1.54) is 11.8 Å². The predicted molar refractivity (Wildman–Crippen MR) is 101 cm³/mol. The molecule has 1 fully saturated rings. The summed E-state index contributed by atoms with van der Waals surface area (Å²) in [7, 11) is 0. The molecule has 0 radical (unpaired) electrons. The zero-order chi connectivity index (χ0) is 21.5. The number of hydrogen-bond donors (Lipinski definition) is 2. The first-order valence-electron chi connectivity index (χ1n) is 9.27. The maximum Gasteiger partial charge on any atom is 0.405 e. The van der Waals surface area contributed by atoms with Crippen LogP contribution in [0.2, 0.25) is 0 Å². The number of halogens is 4. The second-order valence-electron chi connectivity index (χ2n) is 7.29. The van der Waals surface area contributed by atoms with Crippen LogP contribution < -0.4 is 10.2 Å². The zero-order valence-corrected chi connectivity index (χ0v) is 15.9. The predicted octanol–water partition coefficient (Wildman–Crippen LogP) is 3.20. The number of aromatic nitrogens is 4. The minimum Gasteiger partial charge on any atom is -0.345 e. The van der Waals surface area contributed by atoms with Crippen molar-refractivity contribution >= 4 is 22.8 Å². The van der Waals surface area contributed by atoms with Gasteiger partial charge in [0, 0.05) is 29.9 Å². The van der Waals surface area contributed by atoms with Gasteiger partial charge in [0.25, 0.3) is 0 Å².